The van der Waals surface area contributed by atoms with E-state index in [0.717, 1.165) is 32.1 Å². The van der Waals surface area contributed by atoms with Crippen LogP contribution in [0.3, 0.4) is 0 Å². The molecule has 102 valence electrons. The van der Waals surface area contributed by atoms with Crippen LogP contribution in [-0.2, 0) is 8.85 Å². The van der Waals surface area contributed by atoms with E-state index in [9.17, 15) is 0 Å². The molecule has 1 rings (SSSR count). The van der Waals surface area contributed by atoms with E-state index >= 15 is 0 Å². The SMILES string of the molecule is CCC(N(CC)CC)N1CCC[Si]1(OC)OC. The third kappa shape index (κ3) is 2.90. The van der Waals surface area contributed by atoms with Crippen LogP contribution in [-0.4, -0.2) is 58.2 Å². The molecule has 1 unspecified atom stereocenters. The molecule has 1 fully saturated rings. The van der Waals surface area contributed by atoms with E-state index in [0.29, 0.717) is 6.17 Å². The van der Waals surface area contributed by atoms with E-state index in [2.05, 4.69) is 30.2 Å². The average Bonchev–Trinajstić information content (AvgIpc) is 2.79. The number of hydrogen-bond acceptors (Lipinski definition) is 4. The maximum atomic E-state index is 5.80. The summed E-state index contributed by atoms with van der Waals surface area (Å²) < 4.78 is 14.1. The molecule has 1 saturated heterocycles. The van der Waals surface area contributed by atoms with Crippen LogP contribution >= 0.6 is 0 Å². The molecule has 1 aliphatic rings. The quantitative estimate of drug-likeness (QED) is 0.654. The minimum atomic E-state index is -2.10. The van der Waals surface area contributed by atoms with Crippen LogP contribution in [0.4, 0.5) is 0 Å². The Morgan fingerprint density at radius 1 is 1.18 bits per heavy atom. The Morgan fingerprint density at radius 3 is 2.18 bits per heavy atom. The fraction of sp³-hybridized carbons (Fsp3) is 1.00. The summed E-state index contributed by atoms with van der Waals surface area (Å²) in [6, 6.07) is 1.10. The molecule has 0 N–H and O–H groups in total. The molecule has 1 heterocycles. The van der Waals surface area contributed by atoms with Gasteiger partial charge >= 0.3 is 8.72 Å². The van der Waals surface area contributed by atoms with Crippen molar-refractivity contribution in [3.63, 3.8) is 0 Å². The van der Waals surface area contributed by atoms with Gasteiger partial charge in [-0.15, -0.1) is 0 Å². The standard InChI is InChI=1S/C12H28N2O2Si/c1-6-12(13(7-2)8-3)14-10-9-11-17(14,15-4)16-5/h12H,6-11H2,1-5H3. The van der Waals surface area contributed by atoms with Crippen molar-refractivity contribution in [2.24, 2.45) is 0 Å². The van der Waals surface area contributed by atoms with Crippen molar-refractivity contribution in [3.8, 4) is 0 Å². The molecule has 0 aromatic carbocycles. The maximum absolute atomic E-state index is 5.80. The lowest BCUT2D eigenvalue weighted by atomic mass is 10.3. The zero-order valence-electron chi connectivity index (χ0n) is 12.0. The maximum Gasteiger partial charge on any atom is 0.428 e. The molecule has 0 saturated carbocycles. The van der Waals surface area contributed by atoms with Gasteiger partial charge in [-0.2, -0.15) is 0 Å². The van der Waals surface area contributed by atoms with Crippen LogP contribution in [0.5, 0.6) is 0 Å². The molecule has 0 spiro atoms. The van der Waals surface area contributed by atoms with Gasteiger partial charge < -0.3 is 8.85 Å². The highest BCUT2D eigenvalue weighted by atomic mass is 28.4. The number of nitrogens with zero attached hydrogens (tertiary/aromatic N) is 2. The van der Waals surface area contributed by atoms with Gasteiger partial charge in [0.1, 0.15) is 0 Å². The summed E-state index contributed by atoms with van der Waals surface area (Å²) >= 11 is 0. The minimum Gasteiger partial charge on any atom is -0.386 e. The second-order valence-corrected chi connectivity index (χ2v) is 7.84. The van der Waals surface area contributed by atoms with Crippen molar-refractivity contribution < 1.29 is 8.85 Å². The number of rotatable bonds is 7. The van der Waals surface area contributed by atoms with E-state index in [1.807, 2.05) is 14.2 Å². The fourth-order valence-electron chi connectivity index (χ4n) is 3.01. The third-order valence-electron chi connectivity index (χ3n) is 3.93. The summed E-state index contributed by atoms with van der Waals surface area (Å²) in [4.78, 5) is 2.51. The predicted octanol–water partition coefficient (Wildman–Crippen LogP) is 2.00. The summed E-state index contributed by atoms with van der Waals surface area (Å²) in [6.45, 7) is 10.00. The lowest BCUT2D eigenvalue weighted by Crippen LogP contribution is -2.61. The smallest absolute Gasteiger partial charge is 0.386 e. The molecular weight excluding hydrogens is 232 g/mol. The van der Waals surface area contributed by atoms with Gasteiger partial charge in [-0.3, -0.25) is 9.47 Å². The molecular formula is C12H28N2O2Si. The van der Waals surface area contributed by atoms with Crippen molar-refractivity contribution in [1.82, 2.24) is 9.47 Å². The largest absolute Gasteiger partial charge is 0.428 e. The Bertz CT molecular complexity index is 221. The Balaban J connectivity index is 2.86. The summed E-state index contributed by atoms with van der Waals surface area (Å²) in [6.07, 6.45) is 2.80. The molecule has 1 aliphatic heterocycles. The lowest BCUT2D eigenvalue weighted by Gasteiger charge is -2.42. The summed E-state index contributed by atoms with van der Waals surface area (Å²) in [7, 11) is 1.52. The van der Waals surface area contributed by atoms with Crippen molar-refractivity contribution in [1.29, 1.82) is 0 Å². The number of hydrogen-bond donors (Lipinski definition) is 0. The van der Waals surface area contributed by atoms with Gasteiger partial charge in [0.25, 0.3) is 0 Å². The van der Waals surface area contributed by atoms with Gasteiger partial charge in [-0.1, -0.05) is 20.8 Å². The van der Waals surface area contributed by atoms with Gasteiger partial charge in [-0.05, 0) is 32.5 Å². The molecule has 0 aromatic heterocycles. The van der Waals surface area contributed by atoms with Crippen LogP contribution < -0.4 is 0 Å². The molecule has 5 heteroatoms. The topological polar surface area (TPSA) is 24.9 Å². The summed E-state index contributed by atoms with van der Waals surface area (Å²) in [5.74, 6) is 0. The Morgan fingerprint density at radius 2 is 1.76 bits per heavy atom. The van der Waals surface area contributed by atoms with Gasteiger partial charge in [0.05, 0.1) is 6.17 Å². The molecule has 0 aromatic rings. The summed E-state index contributed by atoms with van der Waals surface area (Å²) in [5, 5.41) is 0. The van der Waals surface area contributed by atoms with Gasteiger partial charge in [0.2, 0.25) is 0 Å². The van der Waals surface area contributed by atoms with E-state index < -0.39 is 8.72 Å². The molecule has 17 heavy (non-hydrogen) atoms. The van der Waals surface area contributed by atoms with Crippen molar-refractivity contribution in [3.05, 3.63) is 0 Å². The van der Waals surface area contributed by atoms with Gasteiger partial charge in [0.15, 0.2) is 0 Å². The van der Waals surface area contributed by atoms with Gasteiger partial charge in [0, 0.05) is 20.3 Å². The zero-order valence-corrected chi connectivity index (χ0v) is 13.0. The first-order chi connectivity index (χ1) is 8.18. The molecule has 1 atom stereocenters. The fourth-order valence-corrected chi connectivity index (χ4v) is 6.24. The molecule has 0 amide bonds. The van der Waals surface area contributed by atoms with E-state index in [-0.39, 0.29) is 0 Å². The van der Waals surface area contributed by atoms with Crippen LogP contribution in [0.15, 0.2) is 0 Å². The van der Waals surface area contributed by atoms with Crippen LogP contribution in [0.2, 0.25) is 6.04 Å². The van der Waals surface area contributed by atoms with E-state index in [1.54, 1.807) is 0 Å². The molecule has 0 bridgehead atoms. The monoisotopic (exact) mass is 260 g/mol. The lowest BCUT2D eigenvalue weighted by molar-refractivity contribution is 0.0626. The highest BCUT2D eigenvalue weighted by Crippen LogP contribution is 2.31. The minimum absolute atomic E-state index is 0.471. The highest BCUT2D eigenvalue weighted by Gasteiger charge is 2.50. The van der Waals surface area contributed by atoms with Crippen molar-refractivity contribution in [2.75, 3.05) is 33.9 Å². The molecule has 0 aliphatic carbocycles. The predicted molar refractivity (Wildman–Crippen MR) is 72.9 cm³/mol. The first-order valence-electron chi connectivity index (χ1n) is 6.80. The second kappa shape index (κ2) is 6.85. The summed E-state index contributed by atoms with van der Waals surface area (Å²) in [5.41, 5.74) is 0. The van der Waals surface area contributed by atoms with Crippen LogP contribution in [0, 0.1) is 0 Å². The van der Waals surface area contributed by atoms with Crippen LogP contribution in [0.1, 0.15) is 33.6 Å². The second-order valence-electron chi connectivity index (χ2n) is 4.53. The van der Waals surface area contributed by atoms with Crippen LogP contribution in [0.25, 0.3) is 0 Å². The molecule has 4 nitrogen and oxygen atoms in total. The van der Waals surface area contributed by atoms with E-state index in [1.165, 1.54) is 6.42 Å². The third-order valence-corrected chi connectivity index (χ3v) is 7.58. The normalized spacial score (nSPS) is 22.2. The van der Waals surface area contributed by atoms with Gasteiger partial charge in [-0.25, -0.2) is 0 Å². The first kappa shape index (κ1) is 15.1. The Labute approximate surface area is 107 Å². The Kier molecular flexibility index (Phi) is 6.09. The van der Waals surface area contributed by atoms with Crippen molar-refractivity contribution >= 4 is 8.72 Å². The van der Waals surface area contributed by atoms with Crippen molar-refractivity contribution in [2.45, 2.75) is 45.8 Å². The first-order valence-corrected chi connectivity index (χ1v) is 8.77. The Hall–Kier alpha value is 0.0569. The van der Waals surface area contributed by atoms with E-state index in [4.69, 9.17) is 8.85 Å². The molecule has 0 radical (unpaired) electrons. The highest BCUT2D eigenvalue weighted by molar-refractivity contribution is 6.65. The zero-order chi connectivity index (χ0) is 12.9. The average molecular weight is 260 g/mol.